The molecule has 3 rings (SSSR count). The van der Waals surface area contributed by atoms with E-state index < -0.39 is 5.60 Å². The van der Waals surface area contributed by atoms with Crippen LogP contribution in [0.3, 0.4) is 0 Å². The molecule has 2 heterocycles. The first-order valence-electron chi connectivity index (χ1n) is 10.5. The van der Waals surface area contributed by atoms with E-state index >= 15 is 0 Å². The van der Waals surface area contributed by atoms with Gasteiger partial charge in [0.1, 0.15) is 12.2 Å². The van der Waals surface area contributed by atoms with Gasteiger partial charge in [0.2, 0.25) is 0 Å². The smallest absolute Gasteiger partial charge is 0.410 e. The van der Waals surface area contributed by atoms with Crippen LogP contribution in [-0.2, 0) is 20.9 Å². The average molecular weight is 420 g/mol. The minimum Gasteiger partial charge on any atom is -0.445 e. The zero-order valence-electron chi connectivity index (χ0n) is 18.1. The summed E-state index contributed by atoms with van der Waals surface area (Å²) in [5.74, 6) is 5.48. The van der Waals surface area contributed by atoms with Crippen LogP contribution >= 0.6 is 0 Å². The standard InChI is InChI=1S/C22H33N3O5/c1-21(2,3)30-20(27)24-11-9-22(10-12-24)16-25(13-18(22)15-29-23)19(26)28-14-17-7-5-4-6-8-17/h4-8,18H,9-16,23H2,1-3H3. The summed E-state index contributed by atoms with van der Waals surface area (Å²) in [5.41, 5.74) is 0.297. The number of ether oxygens (including phenoxy) is 2. The summed E-state index contributed by atoms with van der Waals surface area (Å²) in [5, 5.41) is 0. The zero-order valence-corrected chi connectivity index (χ0v) is 18.1. The molecule has 2 aliphatic heterocycles. The van der Waals surface area contributed by atoms with Gasteiger partial charge in [0, 0.05) is 32.1 Å². The van der Waals surface area contributed by atoms with Crippen molar-refractivity contribution in [3.8, 4) is 0 Å². The number of piperidine rings is 1. The molecule has 1 aromatic rings. The van der Waals surface area contributed by atoms with Crippen LogP contribution in [0.1, 0.15) is 39.2 Å². The summed E-state index contributed by atoms with van der Waals surface area (Å²) < 4.78 is 11.0. The van der Waals surface area contributed by atoms with Crippen molar-refractivity contribution >= 4 is 12.2 Å². The predicted octanol–water partition coefficient (Wildman–Crippen LogP) is 3.16. The van der Waals surface area contributed by atoms with Crippen LogP contribution in [0.5, 0.6) is 0 Å². The number of hydrogen-bond donors (Lipinski definition) is 1. The van der Waals surface area contributed by atoms with Gasteiger partial charge in [-0.2, -0.15) is 0 Å². The van der Waals surface area contributed by atoms with Gasteiger partial charge in [-0.25, -0.2) is 15.5 Å². The van der Waals surface area contributed by atoms with Crippen molar-refractivity contribution in [2.24, 2.45) is 17.2 Å². The quantitative estimate of drug-likeness (QED) is 0.754. The third-order valence-electron chi connectivity index (χ3n) is 5.98. The van der Waals surface area contributed by atoms with E-state index in [-0.39, 0.29) is 30.1 Å². The van der Waals surface area contributed by atoms with Crippen molar-refractivity contribution in [3.63, 3.8) is 0 Å². The highest BCUT2D eigenvalue weighted by molar-refractivity contribution is 5.69. The van der Waals surface area contributed by atoms with E-state index in [0.29, 0.717) is 32.8 Å². The molecule has 2 amide bonds. The number of carbonyl (C=O) groups is 2. The lowest BCUT2D eigenvalue weighted by Crippen LogP contribution is -2.48. The zero-order chi connectivity index (χ0) is 21.8. The van der Waals surface area contributed by atoms with E-state index in [1.54, 1.807) is 9.80 Å². The number of hydrogen-bond acceptors (Lipinski definition) is 6. The number of nitrogens with zero attached hydrogens (tertiary/aromatic N) is 2. The van der Waals surface area contributed by atoms with E-state index in [1.165, 1.54) is 0 Å². The number of carbonyl (C=O) groups excluding carboxylic acids is 2. The molecule has 1 spiro atoms. The third kappa shape index (κ3) is 5.43. The molecule has 8 heteroatoms. The van der Waals surface area contributed by atoms with Crippen LogP contribution in [-0.4, -0.2) is 60.4 Å². The fourth-order valence-corrected chi connectivity index (χ4v) is 4.36. The second-order valence-electron chi connectivity index (χ2n) is 9.28. The summed E-state index contributed by atoms with van der Waals surface area (Å²) in [7, 11) is 0. The Morgan fingerprint density at radius 1 is 1.10 bits per heavy atom. The van der Waals surface area contributed by atoms with Crippen molar-refractivity contribution in [1.82, 2.24) is 9.80 Å². The Morgan fingerprint density at radius 3 is 2.37 bits per heavy atom. The fraction of sp³-hybridized carbons (Fsp3) is 0.636. The van der Waals surface area contributed by atoms with E-state index in [9.17, 15) is 9.59 Å². The van der Waals surface area contributed by atoms with Gasteiger partial charge in [0.05, 0.1) is 6.61 Å². The number of likely N-dealkylation sites (tertiary alicyclic amines) is 2. The summed E-state index contributed by atoms with van der Waals surface area (Å²) >= 11 is 0. The van der Waals surface area contributed by atoms with Gasteiger partial charge in [-0.3, -0.25) is 0 Å². The molecule has 2 aliphatic rings. The third-order valence-corrected chi connectivity index (χ3v) is 5.98. The van der Waals surface area contributed by atoms with Gasteiger partial charge in [-0.1, -0.05) is 30.3 Å². The Bertz CT molecular complexity index is 726. The molecule has 0 aliphatic carbocycles. The molecule has 1 unspecified atom stereocenters. The molecule has 0 radical (unpaired) electrons. The van der Waals surface area contributed by atoms with Crippen LogP contribution in [0.15, 0.2) is 30.3 Å². The fourth-order valence-electron chi connectivity index (χ4n) is 4.36. The highest BCUT2D eigenvalue weighted by Gasteiger charge is 2.50. The molecule has 2 N–H and O–H groups in total. The number of nitrogens with two attached hydrogens (primary N) is 1. The van der Waals surface area contributed by atoms with E-state index in [1.807, 2.05) is 51.1 Å². The lowest BCUT2D eigenvalue weighted by molar-refractivity contribution is -0.00529. The summed E-state index contributed by atoms with van der Waals surface area (Å²) in [6.45, 7) is 8.49. The van der Waals surface area contributed by atoms with Gasteiger partial charge in [0.15, 0.2) is 0 Å². The molecule has 30 heavy (non-hydrogen) atoms. The maximum absolute atomic E-state index is 12.7. The van der Waals surface area contributed by atoms with Crippen molar-refractivity contribution < 1.29 is 23.9 Å². The molecule has 1 atom stereocenters. The van der Waals surface area contributed by atoms with Crippen LogP contribution < -0.4 is 5.90 Å². The van der Waals surface area contributed by atoms with Crippen molar-refractivity contribution in [1.29, 1.82) is 0 Å². The van der Waals surface area contributed by atoms with Gasteiger partial charge in [-0.05, 0) is 44.6 Å². The highest BCUT2D eigenvalue weighted by Crippen LogP contribution is 2.45. The van der Waals surface area contributed by atoms with Gasteiger partial charge in [-0.15, -0.1) is 0 Å². The SMILES string of the molecule is CC(C)(C)OC(=O)N1CCC2(CC1)CN(C(=O)OCc1ccccc1)CC2CON. The van der Waals surface area contributed by atoms with E-state index in [0.717, 1.165) is 18.4 Å². The normalized spacial score (nSPS) is 21.0. The maximum atomic E-state index is 12.7. The minimum absolute atomic E-state index is 0.104. The Balaban J connectivity index is 1.59. The Hall–Kier alpha value is -2.32. The largest absolute Gasteiger partial charge is 0.445 e. The van der Waals surface area contributed by atoms with Gasteiger partial charge < -0.3 is 24.1 Å². The first kappa shape index (κ1) is 22.4. The predicted molar refractivity (Wildman–Crippen MR) is 111 cm³/mol. The van der Waals surface area contributed by atoms with Crippen LogP contribution in [0.25, 0.3) is 0 Å². The summed E-state index contributed by atoms with van der Waals surface area (Å²) in [4.78, 5) is 33.5. The first-order chi connectivity index (χ1) is 14.2. The molecule has 2 saturated heterocycles. The Kier molecular flexibility index (Phi) is 6.88. The molecule has 0 bridgehead atoms. The lowest BCUT2D eigenvalue weighted by atomic mass is 9.71. The van der Waals surface area contributed by atoms with Crippen LogP contribution in [0.2, 0.25) is 0 Å². The van der Waals surface area contributed by atoms with Gasteiger partial charge >= 0.3 is 12.2 Å². The number of benzene rings is 1. The van der Waals surface area contributed by atoms with E-state index in [4.69, 9.17) is 20.2 Å². The molecule has 1 aromatic carbocycles. The topological polar surface area (TPSA) is 94.3 Å². The highest BCUT2D eigenvalue weighted by atomic mass is 16.6. The number of rotatable bonds is 4. The number of amides is 2. The van der Waals surface area contributed by atoms with Gasteiger partial charge in [0.25, 0.3) is 0 Å². The Labute approximate surface area is 178 Å². The molecular weight excluding hydrogens is 386 g/mol. The average Bonchev–Trinajstić information content (AvgIpc) is 3.04. The minimum atomic E-state index is -0.519. The van der Waals surface area contributed by atoms with E-state index in [2.05, 4.69) is 0 Å². The van der Waals surface area contributed by atoms with Crippen molar-refractivity contribution in [3.05, 3.63) is 35.9 Å². The summed E-state index contributed by atoms with van der Waals surface area (Å²) in [6.07, 6.45) is 0.916. The lowest BCUT2D eigenvalue weighted by Gasteiger charge is -2.42. The first-order valence-corrected chi connectivity index (χ1v) is 10.5. The van der Waals surface area contributed by atoms with Crippen molar-refractivity contribution in [2.75, 3.05) is 32.8 Å². The molecular formula is C22H33N3O5. The monoisotopic (exact) mass is 419 g/mol. The molecule has 2 fully saturated rings. The van der Waals surface area contributed by atoms with Crippen LogP contribution in [0, 0.1) is 11.3 Å². The second kappa shape index (κ2) is 9.22. The maximum Gasteiger partial charge on any atom is 0.410 e. The summed E-state index contributed by atoms with van der Waals surface area (Å²) in [6, 6.07) is 9.62. The molecule has 0 aromatic heterocycles. The molecule has 0 saturated carbocycles. The van der Waals surface area contributed by atoms with Crippen molar-refractivity contribution in [2.45, 2.75) is 45.8 Å². The molecule has 166 valence electrons. The van der Waals surface area contributed by atoms with Crippen LogP contribution in [0.4, 0.5) is 9.59 Å². The molecule has 8 nitrogen and oxygen atoms in total. The Morgan fingerprint density at radius 2 is 1.77 bits per heavy atom. The second-order valence-corrected chi connectivity index (χ2v) is 9.28.